The largest absolute Gasteiger partial charge is 0.348 e. The molecule has 3 rings (SSSR count). The van der Waals surface area contributed by atoms with Gasteiger partial charge in [0.15, 0.2) is 5.79 Å². The van der Waals surface area contributed by atoms with Crippen molar-refractivity contribution in [1.29, 1.82) is 0 Å². The van der Waals surface area contributed by atoms with Crippen LogP contribution in [0.15, 0.2) is 18.2 Å². The molecule has 0 saturated carbocycles. The van der Waals surface area contributed by atoms with Crippen LogP contribution in [-0.2, 0) is 9.47 Å². The van der Waals surface area contributed by atoms with Gasteiger partial charge in [0.25, 0.3) is 11.8 Å². The summed E-state index contributed by atoms with van der Waals surface area (Å²) in [6, 6.07) is 5.04. The Labute approximate surface area is 147 Å². The average Bonchev–Trinajstić information content (AvgIpc) is 3.09. The zero-order valence-electron chi connectivity index (χ0n) is 14.8. The van der Waals surface area contributed by atoms with Crippen LogP contribution in [-0.4, -0.2) is 59.8 Å². The molecule has 136 valence electrons. The first-order valence-corrected chi connectivity index (χ1v) is 8.88. The van der Waals surface area contributed by atoms with E-state index >= 15 is 0 Å². The van der Waals surface area contributed by atoms with Gasteiger partial charge in [-0.3, -0.25) is 9.59 Å². The van der Waals surface area contributed by atoms with Gasteiger partial charge < -0.3 is 19.7 Å². The number of carbonyl (C=O) groups excluding carboxylic acids is 2. The highest BCUT2D eigenvalue weighted by Gasteiger charge is 2.41. The van der Waals surface area contributed by atoms with Crippen LogP contribution in [0, 0.1) is 0 Å². The number of nitrogens with zero attached hydrogens (tertiary/aromatic N) is 2. The van der Waals surface area contributed by atoms with Crippen LogP contribution in [0.25, 0.3) is 0 Å². The Morgan fingerprint density at radius 1 is 1.24 bits per heavy atom. The summed E-state index contributed by atoms with van der Waals surface area (Å²) in [5.41, 5.74) is 0.558. The van der Waals surface area contributed by atoms with Gasteiger partial charge in [0.1, 0.15) is 11.4 Å². The molecule has 1 aromatic rings. The van der Waals surface area contributed by atoms with Gasteiger partial charge in [-0.2, -0.15) is 0 Å². The van der Waals surface area contributed by atoms with Crippen molar-refractivity contribution in [3.63, 3.8) is 0 Å². The summed E-state index contributed by atoms with van der Waals surface area (Å²) in [4.78, 5) is 30.9. The summed E-state index contributed by atoms with van der Waals surface area (Å²) in [7, 11) is 0. The predicted octanol–water partition coefficient (Wildman–Crippen LogP) is 1.59. The van der Waals surface area contributed by atoms with Gasteiger partial charge >= 0.3 is 0 Å². The molecular formula is C18H25N3O4. The molecule has 2 fully saturated rings. The molecule has 2 amide bonds. The molecule has 7 heteroatoms. The van der Waals surface area contributed by atoms with Crippen LogP contribution >= 0.6 is 0 Å². The summed E-state index contributed by atoms with van der Waals surface area (Å²) in [6.45, 7) is 6.28. The minimum absolute atomic E-state index is 0.0679. The molecule has 1 unspecified atom stereocenters. The molecule has 0 bridgehead atoms. The lowest BCUT2D eigenvalue weighted by molar-refractivity contribution is -0.181. The summed E-state index contributed by atoms with van der Waals surface area (Å²) >= 11 is 0. The summed E-state index contributed by atoms with van der Waals surface area (Å²) in [6.07, 6.45) is 2.16. The van der Waals surface area contributed by atoms with Gasteiger partial charge in [-0.25, -0.2) is 4.98 Å². The molecule has 0 radical (unpaired) electrons. The summed E-state index contributed by atoms with van der Waals surface area (Å²) in [5.74, 6) is -0.928. The Kier molecular flexibility index (Phi) is 5.34. The monoisotopic (exact) mass is 347 g/mol. The van der Waals surface area contributed by atoms with E-state index in [4.69, 9.17) is 9.47 Å². The highest BCUT2D eigenvalue weighted by Crippen LogP contribution is 2.31. The fourth-order valence-corrected chi connectivity index (χ4v) is 3.08. The Morgan fingerprint density at radius 2 is 1.88 bits per heavy atom. The first kappa shape index (κ1) is 17.8. The lowest BCUT2D eigenvalue weighted by atomic mass is 10.0. The number of hydrogen-bond donors (Lipinski definition) is 1. The van der Waals surface area contributed by atoms with E-state index in [1.54, 1.807) is 23.1 Å². The number of rotatable bonds is 4. The minimum Gasteiger partial charge on any atom is -0.348 e. The van der Waals surface area contributed by atoms with Crippen LogP contribution in [0.5, 0.6) is 0 Å². The highest BCUT2D eigenvalue weighted by atomic mass is 16.7. The summed E-state index contributed by atoms with van der Waals surface area (Å²) < 4.78 is 11.4. The molecule has 1 aromatic heterocycles. The Hall–Kier alpha value is -1.99. The fraction of sp³-hybridized carbons (Fsp3) is 0.611. The topological polar surface area (TPSA) is 80.8 Å². The molecule has 2 aliphatic rings. The van der Waals surface area contributed by atoms with E-state index in [0.717, 1.165) is 6.42 Å². The van der Waals surface area contributed by atoms with Crippen LogP contribution in [0.4, 0.5) is 0 Å². The van der Waals surface area contributed by atoms with E-state index in [9.17, 15) is 9.59 Å². The molecule has 0 aliphatic carbocycles. The number of likely N-dealkylation sites (tertiary alicyclic amines) is 1. The third-order valence-electron chi connectivity index (χ3n) is 4.82. The molecule has 1 spiro atoms. The Bertz CT molecular complexity index is 633. The molecule has 25 heavy (non-hydrogen) atoms. The molecule has 2 saturated heterocycles. The van der Waals surface area contributed by atoms with E-state index < -0.39 is 5.79 Å². The molecule has 3 heterocycles. The smallest absolute Gasteiger partial charge is 0.272 e. The number of nitrogens with one attached hydrogen (secondary N) is 1. The number of pyridine rings is 1. The number of amides is 2. The lowest BCUT2D eigenvalue weighted by Crippen LogP contribution is -2.47. The van der Waals surface area contributed by atoms with E-state index in [1.165, 1.54) is 0 Å². The second kappa shape index (κ2) is 7.49. The molecule has 1 N–H and O–H groups in total. The van der Waals surface area contributed by atoms with Gasteiger partial charge in [-0.05, 0) is 25.5 Å². The quantitative estimate of drug-likeness (QED) is 0.894. The Morgan fingerprint density at radius 3 is 2.52 bits per heavy atom. The lowest BCUT2D eigenvalue weighted by Gasteiger charge is -2.37. The third-order valence-corrected chi connectivity index (χ3v) is 4.82. The Balaban J connectivity index is 1.64. The molecule has 2 aliphatic heterocycles. The molecular weight excluding hydrogens is 322 g/mol. The van der Waals surface area contributed by atoms with Crippen molar-refractivity contribution < 1.29 is 19.1 Å². The van der Waals surface area contributed by atoms with Crippen LogP contribution in [0.2, 0.25) is 0 Å². The molecule has 1 atom stereocenters. The van der Waals surface area contributed by atoms with Crippen LogP contribution in [0.1, 0.15) is 54.1 Å². The van der Waals surface area contributed by atoms with E-state index in [2.05, 4.69) is 10.3 Å². The van der Waals surface area contributed by atoms with Crippen molar-refractivity contribution in [3.05, 3.63) is 29.6 Å². The van der Waals surface area contributed by atoms with Crippen molar-refractivity contribution in [2.24, 2.45) is 0 Å². The SMILES string of the molecule is CCC(C)NC(=O)c1cccc(C(=O)N2CCC3(CC2)OCCO3)n1. The van der Waals surface area contributed by atoms with Gasteiger partial charge in [0.2, 0.25) is 0 Å². The first-order valence-electron chi connectivity index (χ1n) is 8.88. The normalized spacial score (nSPS) is 20.5. The van der Waals surface area contributed by atoms with Crippen molar-refractivity contribution in [1.82, 2.24) is 15.2 Å². The van der Waals surface area contributed by atoms with E-state index in [0.29, 0.717) is 44.8 Å². The zero-order valence-corrected chi connectivity index (χ0v) is 14.8. The number of aromatic nitrogens is 1. The fourth-order valence-electron chi connectivity index (χ4n) is 3.08. The van der Waals surface area contributed by atoms with Gasteiger partial charge in [0, 0.05) is 32.0 Å². The van der Waals surface area contributed by atoms with Gasteiger partial charge in [-0.15, -0.1) is 0 Å². The average molecular weight is 347 g/mol. The predicted molar refractivity (Wildman–Crippen MR) is 91.2 cm³/mol. The van der Waals surface area contributed by atoms with Gasteiger partial charge in [0.05, 0.1) is 13.2 Å². The highest BCUT2D eigenvalue weighted by molar-refractivity contribution is 5.96. The maximum Gasteiger partial charge on any atom is 0.272 e. The van der Waals surface area contributed by atoms with E-state index in [1.807, 2.05) is 13.8 Å². The maximum atomic E-state index is 12.7. The van der Waals surface area contributed by atoms with Crippen molar-refractivity contribution in [3.8, 4) is 0 Å². The molecule has 7 nitrogen and oxygen atoms in total. The van der Waals surface area contributed by atoms with E-state index in [-0.39, 0.29) is 23.6 Å². The first-order chi connectivity index (χ1) is 12.0. The van der Waals surface area contributed by atoms with Crippen LogP contribution in [0.3, 0.4) is 0 Å². The third kappa shape index (κ3) is 3.99. The molecule has 0 aromatic carbocycles. The zero-order chi connectivity index (χ0) is 17.9. The number of ether oxygens (including phenoxy) is 2. The van der Waals surface area contributed by atoms with Crippen LogP contribution < -0.4 is 5.32 Å². The second-order valence-corrected chi connectivity index (χ2v) is 6.59. The van der Waals surface area contributed by atoms with Crippen molar-refractivity contribution in [2.45, 2.75) is 44.9 Å². The van der Waals surface area contributed by atoms with Crippen molar-refractivity contribution >= 4 is 11.8 Å². The van der Waals surface area contributed by atoms with Crippen molar-refractivity contribution in [2.75, 3.05) is 26.3 Å². The maximum absolute atomic E-state index is 12.7. The number of hydrogen-bond acceptors (Lipinski definition) is 5. The second-order valence-electron chi connectivity index (χ2n) is 6.59. The minimum atomic E-state index is -0.512. The summed E-state index contributed by atoms with van der Waals surface area (Å²) in [5, 5.41) is 2.87. The van der Waals surface area contributed by atoms with Gasteiger partial charge in [-0.1, -0.05) is 13.0 Å². The number of carbonyl (C=O) groups is 2. The number of piperidine rings is 1. The standard InChI is InChI=1S/C18H25N3O4/c1-3-13(2)19-16(22)14-5-4-6-15(20-14)17(23)21-9-7-18(8-10-21)24-11-12-25-18/h4-6,13H,3,7-12H2,1-2H3,(H,19,22).